The number of halogens is 3. The normalized spacial score (nSPS) is 20.1. The fraction of sp³-hybridized carbons (Fsp3) is 0.385. The summed E-state index contributed by atoms with van der Waals surface area (Å²) in [6, 6.07) is 9.61. The molecule has 86 valence electrons. The maximum Gasteiger partial charge on any atom is 0.399 e. The summed E-state index contributed by atoms with van der Waals surface area (Å²) in [6.45, 7) is 1.58. The first-order chi connectivity index (χ1) is 7.50. The Morgan fingerprint density at radius 1 is 1.06 bits per heavy atom. The van der Waals surface area contributed by atoms with E-state index in [1.54, 1.807) is 6.92 Å². The van der Waals surface area contributed by atoms with Gasteiger partial charge in [-0.2, -0.15) is 13.2 Å². The fourth-order valence-corrected chi connectivity index (χ4v) is 2.10. The summed E-state index contributed by atoms with van der Waals surface area (Å²) < 4.78 is 37.3. The topological polar surface area (TPSA) is 0 Å². The summed E-state index contributed by atoms with van der Waals surface area (Å²) in [5, 5.41) is 0. The van der Waals surface area contributed by atoms with Crippen LogP contribution in [0.5, 0.6) is 0 Å². The summed E-state index contributed by atoms with van der Waals surface area (Å²) in [6.07, 6.45) is -2.85. The fourth-order valence-electron chi connectivity index (χ4n) is 2.10. The molecule has 0 N–H and O–H groups in total. The van der Waals surface area contributed by atoms with E-state index in [4.69, 9.17) is 0 Å². The van der Waals surface area contributed by atoms with Crippen LogP contribution in [0.2, 0.25) is 0 Å². The Kier molecular flexibility index (Phi) is 2.78. The van der Waals surface area contributed by atoms with Crippen LogP contribution in [0.25, 0.3) is 0 Å². The van der Waals surface area contributed by atoms with Crippen molar-refractivity contribution in [3.05, 3.63) is 47.0 Å². The third-order valence-electron chi connectivity index (χ3n) is 3.06. The van der Waals surface area contributed by atoms with Gasteiger partial charge >= 0.3 is 6.18 Å². The first-order valence-electron chi connectivity index (χ1n) is 5.30. The average molecular weight is 226 g/mol. The Labute approximate surface area is 92.8 Å². The van der Waals surface area contributed by atoms with Gasteiger partial charge in [0.1, 0.15) is 0 Å². The molecular formula is C13H13F3. The lowest BCUT2D eigenvalue weighted by Gasteiger charge is -2.06. The van der Waals surface area contributed by atoms with E-state index < -0.39 is 12.1 Å². The zero-order valence-electron chi connectivity index (χ0n) is 9.01. The van der Waals surface area contributed by atoms with Crippen molar-refractivity contribution in [2.45, 2.75) is 25.9 Å². The van der Waals surface area contributed by atoms with E-state index in [1.807, 2.05) is 30.3 Å². The van der Waals surface area contributed by atoms with E-state index in [9.17, 15) is 13.2 Å². The molecule has 1 unspecified atom stereocenters. The molecule has 0 nitrogen and oxygen atoms in total. The summed E-state index contributed by atoms with van der Waals surface area (Å²) in [5.74, 6) is -1.23. The maximum atomic E-state index is 12.4. The SMILES string of the molecule is CC1=C(CCc2ccccc2)C1C(F)(F)F. The highest BCUT2D eigenvalue weighted by molar-refractivity contribution is 5.41. The van der Waals surface area contributed by atoms with E-state index in [0.29, 0.717) is 24.0 Å². The van der Waals surface area contributed by atoms with Gasteiger partial charge in [0, 0.05) is 0 Å². The first-order valence-corrected chi connectivity index (χ1v) is 5.30. The molecule has 0 heterocycles. The molecule has 0 saturated carbocycles. The third kappa shape index (κ3) is 2.29. The van der Waals surface area contributed by atoms with Crippen molar-refractivity contribution in [1.82, 2.24) is 0 Å². The van der Waals surface area contributed by atoms with Crippen LogP contribution in [0.1, 0.15) is 18.9 Å². The minimum atomic E-state index is -4.07. The number of alkyl halides is 3. The number of allylic oxidation sites excluding steroid dienone is 2. The average Bonchev–Trinajstić information content (AvgIpc) is 2.88. The quantitative estimate of drug-likeness (QED) is 0.680. The summed E-state index contributed by atoms with van der Waals surface area (Å²) in [7, 11) is 0. The van der Waals surface area contributed by atoms with Gasteiger partial charge < -0.3 is 0 Å². The highest BCUT2D eigenvalue weighted by Crippen LogP contribution is 2.51. The van der Waals surface area contributed by atoms with Crippen molar-refractivity contribution in [3.63, 3.8) is 0 Å². The number of hydrogen-bond acceptors (Lipinski definition) is 0. The van der Waals surface area contributed by atoms with Gasteiger partial charge in [0.05, 0.1) is 5.92 Å². The van der Waals surface area contributed by atoms with Crippen LogP contribution in [0.3, 0.4) is 0 Å². The largest absolute Gasteiger partial charge is 0.399 e. The van der Waals surface area contributed by atoms with E-state index in [2.05, 4.69) is 0 Å². The summed E-state index contributed by atoms with van der Waals surface area (Å²) in [5.41, 5.74) is 2.19. The van der Waals surface area contributed by atoms with Gasteiger partial charge in [-0.05, 0) is 25.3 Å². The Morgan fingerprint density at radius 3 is 2.19 bits per heavy atom. The van der Waals surface area contributed by atoms with E-state index in [1.165, 1.54) is 0 Å². The molecular weight excluding hydrogens is 213 g/mol. The molecule has 0 aromatic heterocycles. The molecule has 1 aromatic rings. The molecule has 0 saturated heterocycles. The lowest BCUT2D eigenvalue weighted by molar-refractivity contribution is -0.143. The monoisotopic (exact) mass is 226 g/mol. The second-order valence-corrected chi connectivity index (χ2v) is 4.17. The van der Waals surface area contributed by atoms with Crippen LogP contribution < -0.4 is 0 Å². The van der Waals surface area contributed by atoms with Crippen molar-refractivity contribution in [1.29, 1.82) is 0 Å². The second-order valence-electron chi connectivity index (χ2n) is 4.17. The van der Waals surface area contributed by atoms with Crippen LogP contribution in [0, 0.1) is 5.92 Å². The molecule has 16 heavy (non-hydrogen) atoms. The van der Waals surface area contributed by atoms with Crippen molar-refractivity contribution in [3.8, 4) is 0 Å². The van der Waals surface area contributed by atoms with Crippen LogP contribution in [-0.4, -0.2) is 6.18 Å². The molecule has 3 heteroatoms. The molecule has 1 atom stereocenters. The van der Waals surface area contributed by atoms with Crippen molar-refractivity contribution in [2.24, 2.45) is 5.92 Å². The van der Waals surface area contributed by atoms with Gasteiger partial charge in [-0.25, -0.2) is 0 Å². The number of benzene rings is 1. The standard InChI is InChI=1S/C13H13F3/c1-9-11(12(9)13(14,15)16)8-7-10-5-3-2-4-6-10/h2-6,12H,7-8H2,1H3. The van der Waals surface area contributed by atoms with E-state index in [0.717, 1.165) is 5.56 Å². The van der Waals surface area contributed by atoms with Gasteiger partial charge in [0.2, 0.25) is 0 Å². The van der Waals surface area contributed by atoms with Gasteiger partial charge in [-0.3, -0.25) is 0 Å². The zero-order valence-corrected chi connectivity index (χ0v) is 9.01. The van der Waals surface area contributed by atoms with Crippen molar-refractivity contribution >= 4 is 0 Å². The Bertz CT molecular complexity index is 401. The Balaban J connectivity index is 1.90. The zero-order chi connectivity index (χ0) is 11.8. The molecule has 0 fully saturated rings. The molecule has 2 rings (SSSR count). The maximum absolute atomic E-state index is 12.4. The third-order valence-corrected chi connectivity index (χ3v) is 3.06. The second kappa shape index (κ2) is 3.96. The smallest absolute Gasteiger partial charge is 0.170 e. The number of rotatable bonds is 3. The van der Waals surface area contributed by atoms with Crippen LogP contribution in [0.4, 0.5) is 13.2 Å². The van der Waals surface area contributed by atoms with Gasteiger partial charge in [0.25, 0.3) is 0 Å². The molecule has 0 radical (unpaired) electrons. The van der Waals surface area contributed by atoms with Gasteiger partial charge in [-0.1, -0.05) is 41.5 Å². The summed E-state index contributed by atoms with van der Waals surface area (Å²) >= 11 is 0. The van der Waals surface area contributed by atoms with Crippen LogP contribution >= 0.6 is 0 Å². The Hall–Kier alpha value is -1.25. The van der Waals surface area contributed by atoms with Crippen LogP contribution in [0.15, 0.2) is 41.5 Å². The van der Waals surface area contributed by atoms with Crippen molar-refractivity contribution < 1.29 is 13.2 Å². The van der Waals surface area contributed by atoms with Crippen molar-refractivity contribution in [2.75, 3.05) is 0 Å². The van der Waals surface area contributed by atoms with Gasteiger partial charge in [-0.15, -0.1) is 0 Å². The lowest BCUT2D eigenvalue weighted by atomic mass is 10.1. The highest BCUT2D eigenvalue weighted by atomic mass is 19.4. The molecule has 0 bridgehead atoms. The predicted molar refractivity (Wildman–Crippen MR) is 57.0 cm³/mol. The van der Waals surface area contributed by atoms with Crippen LogP contribution in [-0.2, 0) is 6.42 Å². The van der Waals surface area contributed by atoms with Gasteiger partial charge in [0.15, 0.2) is 0 Å². The number of aryl methyl sites for hydroxylation is 1. The Morgan fingerprint density at radius 2 is 1.69 bits per heavy atom. The molecule has 1 aliphatic carbocycles. The predicted octanol–water partition coefficient (Wildman–Crippen LogP) is 4.13. The first kappa shape index (κ1) is 11.2. The molecule has 1 aliphatic rings. The van der Waals surface area contributed by atoms with E-state index >= 15 is 0 Å². The molecule has 1 aromatic carbocycles. The minimum Gasteiger partial charge on any atom is -0.170 e. The highest BCUT2D eigenvalue weighted by Gasteiger charge is 2.52. The molecule has 0 aliphatic heterocycles. The number of hydrogen-bond donors (Lipinski definition) is 0. The summed E-state index contributed by atoms with van der Waals surface area (Å²) in [4.78, 5) is 0. The molecule has 0 spiro atoms. The molecule has 0 amide bonds. The van der Waals surface area contributed by atoms with E-state index in [-0.39, 0.29) is 0 Å². The lowest BCUT2D eigenvalue weighted by Crippen LogP contribution is -2.13. The minimum absolute atomic E-state index is 0.517.